The van der Waals surface area contributed by atoms with Gasteiger partial charge in [0.2, 0.25) is 11.8 Å². The second kappa shape index (κ2) is 7.89. The monoisotopic (exact) mass is 307 g/mol. The zero-order valence-electron chi connectivity index (χ0n) is 12.8. The van der Waals surface area contributed by atoms with Crippen molar-refractivity contribution in [2.75, 3.05) is 25.0 Å². The van der Waals surface area contributed by atoms with E-state index in [1.165, 1.54) is 12.1 Å². The Kier molecular flexibility index (Phi) is 5.89. The maximum atomic E-state index is 13.5. The summed E-state index contributed by atoms with van der Waals surface area (Å²) in [5, 5.41) is 5.65. The average Bonchev–Trinajstić information content (AvgIpc) is 2.91. The molecule has 0 radical (unpaired) electrons. The minimum absolute atomic E-state index is 0.184. The van der Waals surface area contributed by atoms with Crippen LogP contribution in [0.3, 0.4) is 0 Å². The number of likely N-dealkylation sites (tertiary alicyclic amines) is 1. The largest absolute Gasteiger partial charge is 0.343 e. The fourth-order valence-electron chi connectivity index (χ4n) is 2.43. The molecule has 120 valence electrons. The highest BCUT2D eigenvalue weighted by Gasteiger charge is 2.19. The molecule has 5 nitrogen and oxygen atoms in total. The number of carbonyl (C=O) groups is 2. The van der Waals surface area contributed by atoms with Crippen molar-refractivity contribution in [3.63, 3.8) is 0 Å². The van der Waals surface area contributed by atoms with Crippen molar-refractivity contribution in [3.8, 4) is 0 Å². The summed E-state index contributed by atoms with van der Waals surface area (Å²) >= 11 is 0. The summed E-state index contributed by atoms with van der Waals surface area (Å²) in [5.74, 6) is -0.511. The Balaban J connectivity index is 1.68. The van der Waals surface area contributed by atoms with Crippen LogP contribution < -0.4 is 10.6 Å². The maximum absolute atomic E-state index is 13.5. The fourth-order valence-corrected chi connectivity index (χ4v) is 2.43. The third-order valence-corrected chi connectivity index (χ3v) is 3.75. The van der Waals surface area contributed by atoms with Crippen molar-refractivity contribution >= 4 is 17.5 Å². The number of nitrogens with zero attached hydrogens (tertiary/aromatic N) is 1. The number of hydrogen-bond acceptors (Lipinski definition) is 3. The number of carbonyl (C=O) groups excluding carboxylic acids is 2. The molecule has 0 bridgehead atoms. The Bertz CT molecular complexity index is 536. The molecule has 1 aromatic rings. The van der Waals surface area contributed by atoms with E-state index in [4.69, 9.17) is 0 Å². The molecule has 1 saturated heterocycles. The zero-order chi connectivity index (χ0) is 15.9. The first kappa shape index (κ1) is 16.4. The first-order chi connectivity index (χ1) is 10.6. The topological polar surface area (TPSA) is 61.4 Å². The number of amides is 2. The highest BCUT2D eigenvalue weighted by molar-refractivity contribution is 5.94. The lowest BCUT2D eigenvalue weighted by molar-refractivity contribution is -0.127. The molecule has 1 fully saturated rings. The fraction of sp³-hybridized carbons (Fsp3) is 0.500. The van der Waals surface area contributed by atoms with Crippen LogP contribution in [-0.2, 0) is 9.59 Å². The lowest BCUT2D eigenvalue weighted by Crippen LogP contribution is -2.39. The number of anilines is 1. The lowest BCUT2D eigenvalue weighted by atomic mass is 10.2. The lowest BCUT2D eigenvalue weighted by Gasteiger charge is -2.17. The number of para-hydroxylation sites is 1. The van der Waals surface area contributed by atoms with Crippen molar-refractivity contribution < 1.29 is 14.0 Å². The normalized spacial score (nSPS) is 15.9. The third-order valence-electron chi connectivity index (χ3n) is 3.75. The standard InChI is InChI=1S/C16H22FN3O2/c1-12(16(22)19-14-7-3-2-6-13(14)17)18-9-5-11-20-10-4-8-15(20)21/h2-3,6-7,12,18H,4-5,8-11H2,1H3,(H,19,22)/t12-/m0/s1. The van der Waals surface area contributed by atoms with Crippen LogP contribution in [0.25, 0.3) is 0 Å². The highest BCUT2D eigenvalue weighted by atomic mass is 19.1. The van der Waals surface area contributed by atoms with Gasteiger partial charge in [-0.15, -0.1) is 0 Å². The van der Waals surface area contributed by atoms with Crippen molar-refractivity contribution in [2.24, 2.45) is 0 Å². The second-order valence-electron chi connectivity index (χ2n) is 5.48. The summed E-state index contributed by atoms with van der Waals surface area (Å²) in [7, 11) is 0. The third kappa shape index (κ3) is 4.53. The highest BCUT2D eigenvalue weighted by Crippen LogP contribution is 2.12. The molecular formula is C16H22FN3O2. The smallest absolute Gasteiger partial charge is 0.241 e. The molecule has 1 atom stereocenters. The molecule has 0 aliphatic carbocycles. The molecule has 6 heteroatoms. The molecule has 22 heavy (non-hydrogen) atoms. The summed E-state index contributed by atoms with van der Waals surface area (Å²) in [5.41, 5.74) is 0.184. The van der Waals surface area contributed by atoms with Crippen LogP contribution in [0.2, 0.25) is 0 Å². The van der Waals surface area contributed by atoms with Crippen molar-refractivity contribution in [1.29, 1.82) is 0 Å². The Morgan fingerprint density at radius 1 is 1.41 bits per heavy atom. The molecule has 0 spiro atoms. The van der Waals surface area contributed by atoms with Crippen molar-refractivity contribution in [1.82, 2.24) is 10.2 Å². The molecule has 2 N–H and O–H groups in total. The minimum atomic E-state index is -0.449. The van der Waals surface area contributed by atoms with Crippen molar-refractivity contribution in [3.05, 3.63) is 30.1 Å². The van der Waals surface area contributed by atoms with E-state index in [1.54, 1.807) is 19.1 Å². The van der Waals surface area contributed by atoms with Crippen LogP contribution in [0.1, 0.15) is 26.2 Å². The Morgan fingerprint density at radius 3 is 2.86 bits per heavy atom. The number of rotatable bonds is 7. The zero-order valence-corrected chi connectivity index (χ0v) is 12.8. The predicted molar refractivity (Wildman–Crippen MR) is 82.9 cm³/mol. The molecule has 0 unspecified atom stereocenters. The molecule has 0 saturated carbocycles. The van der Waals surface area contributed by atoms with Gasteiger partial charge in [0.1, 0.15) is 5.82 Å². The van der Waals surface area contributed by atoms with E-state index < -0.39 is 11.9 Å². The van der Waals surface area contributed by atoms with Crippen LogP contribution in [0.15, 0.2) is 24.3 Å². The number of nitrogens with one attached hydrogen (secondary N) is 2. The quantitative estimate of drug-likeness (QED) is 0.755. The van der Waals surface area contributed by atoms with Gasteiger partial charge < -0.3 is 15.5 Å². The Labute approximate surface area is 129 Å². The Hall–Kier alpha value is -1.95. The van der Waals surface area contributed by atoms with E-state index in [-0.39, 0.29) is 17.5 Å². The molecule has 1 aliphatic rings. The van der Waals surface area contributed by atoms with E-state index in [1.807, 2.05) is 4.90 Å². The van der Waals surface area contributed by atoms with Gasteiger partial charge in [0, 0.05) is 19.5 Å². The van der Waals surface area contributed by atoms with E-state index >= 15 is 0 Å². The summed E-state index contributed by atoms with van der Waals surface area (Å²) in [6.45, 7) is 3.92. The molecule has 1 aromatic carbocycles. The molecule has 1 heterocycles. The molecular weight excluding hydrogens is 285 g/mol. The first-order valence-corrected chi connectivity index (χ1v) is 7.64. The van der Waals surface area contributed by atoms with Crippen LogP contribution in [-0.4, -0.2) is 42.4 Å². The number of benzene rings is 1. The van der Waals surface area contributed by atoms with Gasteiger partial charge in [0.15, 0.2) is 0 Å². The maximum Gasteiger partial charge on any atom is 0.241 e. The summed E-state index contributed by atoms with van der Waals surface area (Å²) in [6.07, 6.45) is 2.38. The van der Waals surface area contributed by atoms with Gasteiger partial charge >= 0.3 is 0 Å². The van der Waals surface area contributed by atoms with Gasteiger partial charge in [0.05, 0.1) is 11.7 Å². The van der Waals surface area contributed by atoms with E-state index in [2.05, 4.69) is 10.6 Å². The van der Waals surface area contributed by atoms with E-state index in [9.17, 15) is 14.0 Å². The summed E-state index contributed by atoms with van der Waals surface area (Å²) in [6, 6.07) is 5.66. The van der Waals surface area contributed by atoms with E-state index in [0.717, 1.165) is 19.4 Å². The molecule has 0 aromatic heterocycles. The summed E-state index contributed by atoms with van der Waals surface area (Å²) < 4.78 is 13.5. The molecule has 1 aliphatic heterocycles. The van der Waals surface area contributed by atoms with Gasteiger partial charge in [-0.25, -0.2) is 4.39 Å². The van der Waals surface area contributed by atoms with Crippen molar-refractivity contribution in [2.45, 2.75) is 32.2 Å². The van der Waals surface area contributed by atoms with Gasteiger partial charge in [-0.3, -0.25) is 9.59 Å². The second-order valence-corrected chi connectivity index (χ2v) is 5.48. The van der Waals surface area contributed by atoms with Crippen LogP contribution in [0, 0.1) is 5.82 Å². The number of hydrogen-bond donors (Lipinski definition) is 2. The van der Waals surface area contributed by atoms with Gasteiger partial charge in [-0.2, -0.15) is 0 Å². The molecule has 2 rings (SSSR count). The predicted octanol–water partition coefficient (Wildman–Crippen LogP) is 1.75. The van der Waals surface area contributed by atoms with Crippen LogP contribution >= 0.6 is 0 Å². The molecule has 2 amide bonds. The van der Waals surface area contributed by atoms with E-state index in [0.29, 0.717) is 19.5 Å². The Morgan fingerprint density at radius 2 is 2.18 bits per heavy atom. The number of halogens is 1. The van der Waals surface area contributed by atoms with Gasteiger partial charge in [0.25, 0.3) is 0 Å². The van der Waals surface area contributed by atoms with Crippen LogP contribution in [0.5, 0.6) is 0 Å². The van der Waals surface area contributed by atoms with Gasteiger partial charge in [-0.05, 0) is 38.4 Å². The SMILES string of the molecule is C[C@H](NCCCN1CCCC1=O)C(=O)Nc1ccccc1F. The van der Waals surface area contributed by atoms with Gasteiger partial charge in [-0.1, -0.05) is 12.1 Å². The average molecular weight is 307 g/mol. The minimum Gasteiger partial charge on any atom is -0.343 e. The van der Waals surface area contributed by atoms with Crippen LogP contribution in [0.4, 0.5) is 10.1 Å². The summed E-state index contributed by atoms with van der Waals surface area (Å²) in [4.78, 5) is 25.3. The first-order valence-electron chi connectivity index (χ1n) is 7.64.